The highest BCUT2D eigenvalue weighted by Gasteiger charge is 2.23. The Balaban J connectivity index is 2.02. The van der Waals surface area contributed by atoms with Gasteiger partial charge in [0, 0.05) is 11.9 Å². The van der Waals surface area contributed by atoms with Gasteiger partial charge in [0.05, 0.1) is 5.52 Å². The van der Waals surface area contributed by atoms with Crippen LogP contribution in [0.15, 0.2) is 24.3 Å². The number of fused-ring (bicyclic) bond motifs is 1. The van der Waals surface area contributed by atoms with Crippen LogP contribution in [-0.4, -0.2) is 40.8 Å². The van der Waals surface area contributed by atoms with Gasteiger partial charge in [-0.1, -0.05) is 18.2 Å². The number of carbonyl (C=O) groups is 3. The molecule has 0 aliphatic heterocycles. The largest absolute Gasteiger partial charge is 0.448 e. The molecule has 2 rings (SSSR count). The fourth-order valence-corrected chi connectivity index (χ4v) is 1.81. The monoisotopic (exact) mass is 304 g/mol. The Morgan fingerprint density at radius 3 is 2.77 bits per heavy atom. The molecule has 1 heterocycles. The Hall–Kier alpha value is -2.90. The van der Waals surface area contributed by atoms with Crippen molar-refractivity contribution in [3.63, 3.8) is 0 Å². The van der Waals surface area contributed by atoms with Gasteiger partial charge >= 0.3 is 12.0 Å². The first-order valence-electron chi connectivity index (χ1n) is 6.75. The highest BCUT2D eigenvalue weighted by Crippen LogP contribution is 2.16. The minimum Gasteiger partial charge on any atom is -0.448 e. The molecule has 116 valence electrons. The van der Waals surface area contributed by atoms with E-state index in [2.05, 4.69) is 20.8 Å². The van der Waals surface area contributed by atoms with E-state index in [0.29, 0.717) is 17.4 Å². The van der Waals surface area contributed by atoms with Crippen molar-refractivity contribution in [2.45, 2.75) is 20.0 Å². The number of rotatable bonds is 4. The molecule has 0 bridgehead atoms. The highest BCUT2D eigenvalue weighted by molar-refractivity contribution is 6.03. The number of aromatic amines is 1. The molecule has 8 nitrogen and oxygen atoms in total. The molecule has 0 aliphatic carbocycles. The summed E-state index contributed by atoms with van der Waals surface area (Å²) >= 11 is 0. The van der Waals surface area contributed by atoms with E-state index >= 15 is 0 Å². The van der Waals surface area contributed by atoms with Gasteiger partial charge in [-0.25, -0.2) is 9.59 Å². The van der Waals surface area contributed by atoms with Gasteiger partial charge in [0.1, 0.15) is 0 Å². The summed E-state index contributed by atoms with van der Waals surface area (Å²) in [6.07, 6.45) is -1.12. The zero-order chi connectivity index (χ0) is 16.1. The van der Waals surface area contributed by atoms with Crippen LogP contribution in [0.1, 0.15) is 24.3 Å². The standard InChI is InChI=1S/C14H16N4O4/c1-3-15-14(21)16-12(19)8(2)22-13(20)11-9-6-4-5-7-10(9)17-18-11/h4-8H,3H2,1-2H3,(H,17,18)(H2,15,16,19,21). The first kappa shape index (κ1) is 15.5. The Kier molecular flexibility index (Phi) is 4.72. The second-order valence-corrected chi connectivity index (χ2v) is 4.51. The number of nitrogens with zero attached hydrogens (tertiary/aromatic N) is 1. The van der Waals surface area contributed by atoms with Crippen LogP contribution in [0.4, 0.5) is 4.79 Å². The van der Waals surface area contributed by atoms with Crippen LogP contribution in [0, 0.1) is 0 Å². The molecule has 2 aromatic rings. The van der Waals surface area contributed by atoms with Crippen molar-refractivity contribution in [3.05, 3.63) is 30.0 Å². The van der Waals surface area contributed by atoms with E-state index in [1.165, 1.54) is 6.92 Å². The summed E-state index contributed by atoms with van der Waals surface area (Å²) in [5.41, 5.74) is 0.780. The average molecular weight is 304 g/mol. The van der Waals surface area contributed by atoms with Crippen LogP contribution in [0.2, 0.25) is 0 Å². The summed E-state index contributed by atoms with van der Waals surface area (Å²) in [6, 6.07) is 6.41. The summed E-state index contributed by atoms with van der Waals surface area (Å²) in [7, 11) is 0. The number of aromatic nitrogens is 2. The number of imide groups is 1. The van der Waals surface area contributed by atoms with E-state index in [1.54, 1.807) is 31.2 Å². The van der Waals surface area contributed by atoms with Crippen molar-refractivity contribution < 1.29 is 19.1 Å². The van der Waals surface area contributed by atoms with E-state index in [4.69, 9.17) is 4.74 Å². The smallest absolute Gasteiger partial charge is 0.360 e. The first-order chi connectivity index (χ1) is 10.5. The van der Waals surface area contributed by atoms with Crippen LogP contribution >= 0.6 is 0 Å². The number of nitrogens with one attached hydrogen (secondary N) is 3. The number of esters is 1. The molecule has 0 radical (unpaired) electrons. The predicted molar refractivity (Wildman–Crippen MR) is 78.2 cm³/mol. The molecule has 3 N–H and O–H groups in total. The number of urea groups is 1. The third-order valence-electron chi connectivity index (χ3n) is 2.89. The van der Waals surface area contributed by atoms with E-state index < -0.39 is 24.0 Å². The number of para-hydroxylation sites is 1. The summed E-state index contributed by atoms with van der Waals surface area (Å²) < 4.78 is 5.03. The highest BCUT2D eigenvalue weighted by atomic mass is 16.5. The van der Waals surface area contributed by atoms with Crippen LogP contribution in [-0.2, 0) is 9.53 Å². The topological polar surface area (TPSA) is 113 Å². The number of hydrogen-bond donors (Lipinski definition) is 3. The van der Waals surface area contributed by atoms with Gasteiger partial charge in [-0.05, 0) is 19.9 Å². The molecule has 0 aliphatic rings. The minimum atomic E-state index is -1.12. The average Bonchev–Trinajstić information content (AvgIpc) is 2.91. The lowest BCUT2D eigenvalue weighted by Crippen LogP contribution is -2.44. The molecule has 22 heavy (non-hydrogen) atoms. The van der Waals surface area contributed by atoms with Crippen LogP contribution in [0.5, 0.6) is 0 Å². The molecule has 1 unspecified atom stereocenters. The quantitative estimate of drug-likeness (QED) is 0.728. The lowest BCUT2D eigenvalue weighted by Gasteiger charge is -2.12. The summed E-state index contributed by atoms with van der Waals surface area (Å²) in [6.45, 7) is 3.48. The maximum Gasteiger partial charge on any atom is 0.360 e. The zero-order valence-electron chi connectivity index (χ0n) is 12.2. The molecular formula is C14H16N4O4. The number of carbonyl (C=O) groups excluding carboxylic acids is 3. The van der Waals surface area contributed by atoms with Crippen LogP contribution in [0.25, 0.3) is 10.9 Å². The molecule has 1 aromatic carbocycles. The van der Waals surface area contributed by atoms with Crippen molar-refractivity contribution in [2.24, 2.45) is 0 Å². The van der Waals surface area contributed by atoms with Gasteiger partial charge in [0.25, 0.3) is 5.91 Å². The Morgan fingerprint density at radius 1 is 1.32 bits per heavy atom. The minimum absolute atomic E-state index is 0.0910. The van der Waals surface area contributed by atoms with Gasteiger partial charge in [-0.15, -0.1) is 0 Å². The molecule has 8 heteroatoms. The van der Waals surface area contributed by atoms with Gasteiger partial charge < -0.3 is 10.1 Å². The van der Waals surface area contributed by atoms with Crippen molar-refractivity contribution in [3.8, 4) is 0 Å². The van der Waals surface area contributed by atoms with E-state index in [9.17, 15) is 14.4 Å². The molecule has 0 spiro atoms. The predicted octanol–water partition coefficient (Wildman–Crippen LogP) is 0.954. The number of H-pyrrole nitrogens is 1. The van der Waals surface area contributed by atoms with Crippen molar-refractivity contribution in [2.75, 3.05) is 6.54 Å². The molecule has 3 amide bonds. The van der Waals surface area contributed by atoms with E-state index in [-0.39, 0.29) is 5.69 Å². The van der Waals surface area contributed by atoms with Crippen molar-refractivity contribution in [1.82, 2.24) is 20.8 Å². The second kappa shape index (κ2) is 6.70. The molecular weight excluding hydrogens is 288 g/mol. The maximum absolute atomic E-state index is 12.1. The summed E-state index contributed by atoms with van der Waals surface area (Å²) in [4.78, 5) is 35.0. The number of amides is 3. The zero-order valence-corrected chi connectivity index (χ0v) is 12.2. The maximum atomic E-state index is 12.1. The molecule has 0 saturated heterocycles. The second-order valence-electron chi connectivity index (χ2n) is 4.51. The molecule has 1 atom stereocenters. The normalized spacial score (nSPS) is 11.7. The third kappa shape index (κ3) is 3.40. The van der Waals surface area contributed by atoms with Gasteiger partial charge in [-0.2, -0.15) is 5.10 Å². The summed E-state index contributed by atoms with van der Waals surface area (Å²) in [5, 5.41) is 11.7. The number of benzene rings is 1. The van der Waals surface area contributed by atoms with Gasteiger partial charge in [-0.3, -0.25) is 15.2 Å². The van der Waals surface area contributed by atoms with Crippen LogP contribution in [0.3, 0.4) is 0 Å². The van der Waals surface area contributed by atoms with Gasteiger partial charge in [0.2, 0.25) is 0 Å². The van der Waals surface area contributed by atoms with E-state index in [1.807, 2.05) is 0 Å². The lowest BCUT2D eigenvalue weighted by atomic mass is 10.2. The molecule has 1 aromatic heterocycles. The molecule has 0 saturated carbocycles. The van der Waals surface area contributed by atoms with Gasteiger partial charge in [0.15, 0.2) is 11.8 Å². The third-order valence-corrected chi connectivity index (χ3v) is 2.89. The van der Waals surface area contributed by atoms with E-state index in [0.717, 1.165) is 0 Å². The van der Waals surface area contributed by atoms with Crippen LogP contribution < -0.4 is 10.6 Å². The fourth-order valence-electron chi connectivity index (χ4n) is 1.81. The van der Waals surface area contributed by atoms with Crippen molar-refractivity contribution in [1.29, 1.82) is 0 Å². The fraction of sp³-hybridized carbons (Fsp3) is 0.286. The Labute approximate surface area is 126 Å². The summed E-state index contributed by atoms with van der Waals surface area (Å²) in [5.74, 6) is -1.45. The number of hydrogen-bond acceptors (Lipinski definition) is 5. The Morgan fingerprint density at radius 2 is 2.05 bits per heavy atom. The SMILES string of the molecule is CCNC(=O)NC(=O)C(C)OC(=O)c1n[nH]c2ccccc12. The lowest BCUT2D eigenvalue weighted by molar-refractivity contribution is -0.127. The van der Waals surface area contributed by atoms with Crippen molar-refractivity contribution >= 4 is 28.8 Å². The number of ether oxygens (including phenoxy) is 1. The molecule has 0 fully saturated rings. The Bertz CT molecular complexity index is 710. The first-order valence-corrected chi connectivity index (χ1v) is 6.75.